The number of nitrogens with one attached hydrogen (secondary N) is 3. The molecule has 3 N–H and O–H groups in total. The summed E-state index contributed by atoms with van der Waals surface area (Å²) in [5.41, 5.74) is 2.17. The minimum atomic E-state index is -3.71. The lowest BCUT2D eigenvalue weighted by molar-refractivity contribution is 0.598. The topological polar surface area (TPSA) is 105 Å². The molecule has 0 bridgehead atoms. The van der Waals surface area contributed by atoms with Crippen LogP contribution in [0.4, 0.5) is 5.69 Å². The molecule has 0 spiro atoms. The average molecular weight is 312 g/mol. The highest BCUT2D eigenvalue weighted by atomic mass is 32.2. The van der Waals surface area contributed by atoms with Gasteiger partial charge >= 0.3 is 0 Å². The van der Waals surface area contributed by atoms with Crippen molar-refractivity contribution in [2.45, 2.75) is 31.7 Å². The smallest absolute Gasteiger partial charge is 0.265 e. The van der Waals surface area contributed by atoms with E-state index in [0.717, 1.165) is 0 Å². The van der Waals surface area contributed by atoms with Crippen LogP contribution in [-0.2, 0) is 30.0 Å². The highest BCUT2D eigenvalue weighted by Crippen LogP contribution is 2.23. The molecule has 0 atom stereocenters. The Morgan fingerprint density at radius 2 is 2.10 bits per heavy atom. The Morgan fingerprint density at radius 1 is 1.38 bits per heavy atom. The van der Waals surface area contributed by atoms with E-state index in [0.29, 0.717) is 35.7 Å². The zero-order valence-electron chi connectivity index (χ0n) is 12.6. The molecule has 0 aliphatic rings. The molecule has 2 heterocycles. The van der Waals surface area contributed by atoms with E-state index in [1.54, 1.807) is 31.9 Å². The number of nitrogens with zero attached hydrogens (tertiary/aromatic N) is 3. The van der Waals surface area contributed by atoms with Crippen molar-refractivity contribution in [2.75, 3.05) is 11.8 Å². The number of anilines is 1. The van der Waals surface area contributed by atoms with Crippen molar-refractivity contribution in [1.29, 1.82) is 0 Å². The van der Waals surface area contributed by atoms with E-state index < -0.39 is 10.0 Å². The fourth-order valence-corrected chi connectivity index (χ4v) is 3.63. The van der Waals surface area contributed by atoms with Crippen LogP contribution in [0.3, 0.4) is 0 Å². The number of aromatic nitrogens is 4. The molecule has 0 aliphatic carbocycles. The van der Waals surface area contributed by atoms with E-state index >= 15 is 0 Å². The molecule has 21 heavy (non-hydrogen) atoms. The molecular weight excluding hydrogens is 292 g/mol. The fraction of sp³-hybridized carbons (Fsp3) is 0.500. The lowest BCUT2D eigenvalue weighted by Gasteiger charge is -2.08. The maximum atomic E-state index is 12.6. The van der Waals surface area contributed by atoms with Gasteiger partial charge in [0.1, 0.15) is 4.90 Å². The lowest BCUT2D eigenvalue weighted by atomic mass is 10.3. The maximum absolute atomic E-state index is 12.6. The minimum Gasteiger partial charge on any atom is -0.314 e. The molecule has 0 saturated carbocycles. The van der Waals surface area contributed by atoms with Crippen LogP contribution in [0.25, 0.3) is 0 Å². The first-order valence-electron chi connectivity index (χ1n) is 6.62. The van der Waals surface area contributed by atoms with Gasteiger partial charge in [-0.15, -0.1) is 0 Å². The number of sulfonamides is 1. The molecule has 9 heteroatoms. The predicted molar refractivity (Wildman–Crippen MR) is 79.5 cm³/mol. The van der Waals surface area contributed by atoms with Gasteiger partial charge in [0, 0.05) is 19.8 Å². The summed E-state index contributed by atoms with van der Waals surface area (Å²) in [6.07, 6.45) is 2.30. The number of hydrogen-bond acceptors (Lipinski definition) is 5. The molecule has 0 aromatic carbocycles. The highest BCUT2D eigenvalue weighted by Gasteiger charge is 2.25. The summed E-state index contributed by atoms with van der Waals surface area (Å²) in [6.45, 7) is 3.98. The van der Waals surface area contributed by atoms with Gasteiger partial charge in [0.2, 0.25) is 0 Å². The van der Waals surface area contributed by atoms with Crippen molar-refractivity contribution < 1.29 is 8.42 Å². The summed E-state index contributed by atoms with van der Waals surface area (Å²) >= 11 is 0. The zero-order valence-corrected chi connectivity index (χ0v) is 13.4. The highest BCUT2D eigenvalue weighted by molar-refractivity contribution is 7.92. The van der Waals surface area contributed by atoms with Gasteiger partial charge in [-0.25, -0.2) is 8.42 Å². The quantitative estimate of drug-likeness (QED) is 0.722. The van der Waals surface area contributed by atoms with Crippen LogP contribution >= 0.6 is 0 Å². The van der Waals surface area contributed by atoms with Gasteiger partial charge in [-0.3, -0.25) is 14.5 Å². The van der Waals surface area contributed by atoms with Crippen molar-refractivity contribution in [3.8, 4) is 0 Å². The number of H-pyrrole nitrogens is 1. The first-order chi connectivity index (χ1) is 9.89. The second-order valence-corrected chi connectivity index (χ2v) is 6.40. The first kappa shape index (κ1) is 15.5. The van der Waals surface area contributed by atoms with Crippen LogP contribution in [0.15, 0.2) is 11.1 Å². The molecule has 8 nitrogen and oxygen atoms in total. The second kappa shape index (κ2) is 5.86. The third kappa shape index (κ3) is 3.08. The van der Waals surface area contributed by atoms with Gasteiger partial charge in [-0.1, -0.05) is 6.92 Å². The van der Waals surface area contributed by atoms with Gasteiger partial charge in [0.05, 0.1) is 22.8 Å². The Balaban J connectivity index is 2.41. The molecule has 2 aromatic heterocycles. The van der Waals surface area contributed by atoms with Crippen molar-refractivity contribution in [3.05, 3.63) is 23.3 Å². The van der Waals surface area contributed by atoms with E-state index in [2.05, 4.69) is 25.3 Å². The summed E-state index contributed by atoms with van der Waals surface area (Å²) in [7, 11) is -0.213. The Bertz CT molecular complexity index is 731. The first-order valence-corrected chi connectivity index (χ1v) is 8.11. The third-order valence-corrected chi connectivity index (χ3v) is 4.63. The average Bonchev–Trinajstić information content (AvgIpc) is 2.93. The molecular formula is C12H20N6O2S. The molecule has 0 aliphatic heterocycles. The normalized spacial score (nSPS) is 11.8. The number of aryl methyl sites for hydroxylation is 3. The molecule has 0 amide bonds. The Kier molecular flexibility index (Phi) is 4.33. The van der Waals surface area contributed by atoms with Crippen molar-refractivity contribution in [1.82, 2.24) is 25.3 Å². The monoisotopic (exact) mass is 312 g/mol. The largest absolute Gasteiger partial charge is 0.314 e. The Labute approximate surface area is 124 Å². The Morgan fingerprint density at radius 3 is 2.71 bits per heavy atom. The number of rotatable bonds is 6. The van der Waals surface area contributed by atoms with Crippen LogP contribution in [0.2, 0.25) is 0 Å². The Hall–Kier alpha value is -1.87. The van der Waals surface area contributed by atoms with Crippen LogP contribution in [0.5, 0.6) is 0 Å². The van der Waals surface area contributed by atoms with E-state index in [-0.39, 0.29) is 4.90 Å². The predicted octanol–water partition coefficient (Wildman–Crippen LogP) is 0.534. The lowest BCUT2D eigenvalue weighted by Crippen LogP contribution is -2.17. The van der Waals surface area contributed by atoms with Gasteiger partial charge in [-0.2, -0.15) is 10.2 Å². The van der Waals surface area contributed by atoms with Crippen molar-refractivity contribution in [2.24, 2.45) is 7.05 Å². The van der Waals surface area contributed by atoms with Crippen molar-refractivity contribution in [3.63, 3.8) is 0 Å². The molecule has 2 rings (SSSR count). The van der Waals surface area contributed by atoms with Gasteiger partial charge in [-0.05, 0) is 20.4 Å². The van der Waals surface area contributed by atoms with Crippen LogP contribution in [-0.4, -0.2) is 35.4 Å². The van der Waals surface area contributed by atoms with E-state index in [9.17, 15) is 8.42 Å². The van der Waals surface area contributed by atoms with Gasteiger partial charge in [0.25, 0.3) is 10.0 Å². The van der Waals surface area contributed by atoms with E-state index in [4.69, 9.17) is 0 Å². The van der Waals surface area contributed by atoms with E-state index in [1.807, 2.05) is 6.92 Å². The zero-order chi connectivity index (χ0) is 15.6. The number of hydrogen-bond donors (Lipinski definition) is 3. The molecule has 2 aromatic rings. The maximum Gasteiger partial charge on any atom is 0.265 e. The van der Waals surface area contributed by atoms with Crippen LogP contribution in [0.1, 0.15) is 24.0 Å². The molecule has 0 saturated heterocycles. The summed E-state index contributed by atoms with van der Waals surface area (Å²) in [4.78, 5) is 0.183. The summed E-state index contributed by atoms with van der Waals surface area (Å²) in [5.74, 6) is 0. The minimum absolute atomic E-state index is 0.183. The van der Waals surface area contributed by atoms with Gasteiger partial charge in [0.15, 0.2) is 0 Å². The summed E-state index contributed by atoms with van der Waals surface area (Å²) < 4.78 is 29.4. The van der Waals surface area contributed by atoms with E-state index in [1.165, 1.54) is 0 Å². The second-order valence-electron chi connectivity index (χ2n) is 4.78. The van der Waals surface area contributed by atoms with Crippen molar-refractivity contribution >= 4 is 15.7 Å². The molecule has 0 radical (unpaired) electrons. The summed E-state index contributed by atoms with van der Waals surface area (Å²) in [5, 5.41) is 13.9. The SMILES string of the molecule is CCc1nn(C)cc1NS(=O)(=O)c1c(CNC)n[nH]c1C. The van der Waals surface area contributed by atoms with Gasteiger partial charge < -0.3 is 5.32 Å². The fourth-order valence-electron chi connectivity index (χ4n) is 2.19. The van der Waals surface area contributed by atoms with Crippen LogP contribution in [0, 0.1) is 6.92 Å². The summed E-state index contributed by atoms with van der Waals surface area (Å²) in [6, 6.07) is 0. The molecule has 0 unspecified atom stereocenters. The number of aromatic amines is 1. The molecule has 0 fully saturated rings. The molecule has 116 valence electrons. The van der Waals surface area contributed by atoms with Crippen LogP contribution < -0.4 is 10.0 Å². The third-order valence-electron chi connectivity index (χ3n) is 3.06. The standard InChI is InChI=1S/C12H20N6O2S/c1-5-9-11(7-18(4)16-9)17-21(19,20)12-8(2)14-15-10(12)6-13-3/h7,13,17H,5-6H2,1-4H3,(H,14,15).